The van der Waals surface area contributed by atoms with Crippen LogP contribution in [0.1, 0.15) is 20.8 Å². The van der Waals surface area contributed by atoms with Gasteiger partial charge in [0.2, 0.25) is 5.95 Å². The van der Waals surface area contributed by atoms with Gasteiger partial charge in [-0.05, 0) is 20.8 Å². The predicted octanol–water partition coefficient (Wildman–Crippen LogP) is 1.08. The van der Waals surface area contributed by atoms with E-state index >= 15 is 0 Å². The normalized spacial score (nSPS) is 11.2. The van der Waals surface area contributed by atoms with E-state index in [-0.39, 0.29) is 5.54 Å². The summed E-state index contributed by atoms with van der Waals surface area (Å²) in [7, 11) is 0. The first-order valence-electron chi connectivity index (χ1n) is 3.50. The van der Waals surface area contributed by atoms with E-state index in [0.29, 0.717) is 5.95 Å². The van der Waals surface area contributed by atoms with E-state index in [2.05, 4.69) is 20.5 Å². The van der Waals surface area contributed by atoms with E-state index in [1.54, 1.807) is 12.4 Å². The molecule has 0 aliphatic rings. The zero-order valence-electron chi connectivity index (χ0n) is 7.00. The Hall–Kier alpha value is -1.19. The van der Waals surface area contributed by atoms with Crippen molar-refractivity contribution in [3.63, 3.8) is 0 Å². The molecule has 1 aromatic rings. The molecular weight excluding hydrogens is 140 g/mol. The molecule has 0 aliphatic heterocycles. The lowest BCUT2D eigenvalue weighted by molar-refractivity contribution is 0.623. The Bertz CT molecular complexity index is 214. The van der Waals surface area contributed by atoms with Gasteiger partial charge in [-0.2, -0.15) is 5.10 Å². The molecule has 1 N–H and O–H groups in total. The molecule has 0 fully saturated rings. The third-order valence-electron chi connectivity index (χ3n) is 0.969. The van der Waals surface area contributed by atoms with Gasteiger partial charge in [-0.3, -0.25) is 0 Å². The van der Waals surface area contributed by atoms with Crippen LogP contribution in [0.15, 0.2) is 12.4 Å². The van der Waals surface area contributed by atoms with Crippen LogP contribution in [0, 0.1) is 0 Å². The smallest absolute Gasteiger partial charge is 0.243 e. The number of hydrogen-bond acceptors (Lipinski definition) is 4. The van der Waals surface area contributed by atoms with Gasteiger partial charge in [-0.25, -0.2) is 4.98 Å². The summed E-state index contributed by atoms with van der Waals surface area (Å²) in [5, 5.41) is 10.6. The molecule has 0 atom stereocenters. The summed E-state index contributed by atoms with van der Waals surface area (Å²) >= 11 is 0. The minimum Gasteiger partial charge on any atom is -0.348 e. The van der Waals surface area contributed by atoms with Gasteiger partial charge in [0.25, 0.3) is 0 Å². The summed E-state index contributed by atoms with van der Waals surface area (Å²) in [6.45, 7) is 6.14. The molecule has 11 heavy (non-hydrogen) atoms. The van der Waals surface area contributed by atoms with Gasteiger partial charge < -0.3 is 5.32 Å². The molecule has 0 aromatic carbocycles. The topological polar surface area (TPSA) is 50.7 Å². The third-order valence-corrected chi connectivity index (χ3v) is 0.969. The van der Waals surface area contributed by atoms with Crippen LogP contribution >= 0.6 is 0 Å². The molecule has 60 valence electrons. The average Bonchev–Trinajstić information content (AvgIpc) is 1.85. The maximum absolute atomic E-state index is 3.98. The van der Waals surface area contributed by atoms with Gasteiger partial charge in [0.05, 0.1) is 12.4 Å². The quantitative estimate of drug-likeness (QED) is 0.654. The molecular formula is C7H12N4. The Balaban J connectivity index is 2.66. The first-order valence-corrected chi connectivity index (χ1v) is 3.50. The summed E-state index contributed by atoms with van der Waals surface area (Å²) in [5.74, 6) is 0.569. The zero-order valence-corrected chi connectivity index (χ0v) is 7.00. The molecule has 4 heteroatoms. The molecule has 0 unspecified atom stereocenters. The minimum absolute atomic E-state index is 0.0109. The number of nitrogens with zero attached hydrogens (tertiary/aromatic N) is 3. The lowest BCUT2D eigenvalue weighted by Gasteiger charge is -2.19. The summed E-state index contributed by atoms with van der Waals surface area (Å²) in [4.78, 5) is 3.98. The standard InChI is InChI=1S/C7H12N4/c1-7(2,3)10-6-8-4-5-9-11-6/h4-5H,1-3H3,(H,8,10,11). The van der Waals surface area contributed by atoms with E-state index in [4.69, 9.17) is 0 Å². The van der Waals surface area contributed by atoms with Crippen molar-refractivity contribution < 1.29 is 0 Å². The van der Waals surface area contributed by atoms with Crippen molar-refractivity contribution in [3.8, 4) is 0 Å². The van der Waals surface area contributed by atoms with E-state index in [9.17, 15) is 0 Å². The van der Waals surface area contributed by atoms with Crippen LogP contribution in [0.25, 0.3) is 0 Å². The van der Waals surface area contributed by atoms with Crippen molar-refractivity contribution >= 4 is 5.95 Å². The van der Waals surface area contributed by atoms with Crippen LogP contribution in [0.3, 0.4) is 0 Å². The van der Waals surface area contributed by atoms with Crippen LogP contribution in [0.2, 0.25) is 0 Å². The molecule has 0 saturated carbocycles. The lowest BCUT2D eigenvalue weighted by atomic mass is 10.1. The largest absolute Gasteiger partial charge is 0.348 e. The summed E-state index contributed by atoms with van der Waals surface area (Å²) in [6.07, 6.45) is 3.16. The van der Waals surface area contributed by atoms with Gasteiger partial charge in [0, 0.05) is 5.54 Å². The Labute approximate surface area is 66.1 Å². The molecule has 0 saturated heterocycles. The Kier molecular flexibility index (Phi) is 2.03. The molecule has 0 aliphatic carbocycles. The van der Waals surface area contributed by atoms with Crippen LogP contribution < -0.4 is 5.32 Å². The summed E-state index contributed by atoms with van der Waals surface area (Å²) in [6, 6.07) is 0. The van der Waals surface area contributed by atoms with E-state index in [0.717, 1.165) is 0 Å². The molecule has 0 radical (unpaired) electrons. The molecule has 0 spiro atoms. The van der Waals surface area contributed by atoms with Gasteiger partial charge in [-0.1, -0.05) is 0 Å². The highest BCUT2D eigenvalue weighted by molar-refractivity contribution is 5.24. The Morgan fingerprint density at radius 2 is 2.00 bits per heavy atom. The van der Waals surface area contributed by atoms with Crippen molar-refractivity contribution in [1.82, 2.24) is 15.2 Å². The molecule has 1 heterocycles. The number of anilines is 1. The molecule has 0 bridgehead atoms. The number of rotatable bonds is 1. The third kappa shape index (κ3) is 2.93. The first-order chi connectivity index (χ1) is 5.08. The van der Waals surface area contributed by atoms with Crippen molar-refractivity contribution in [1.29, 1.82) is 0 Å². The highest BCUT2D eigenvalue weighted by Crippen LogP contribution is 2.06. The van der Waals surface area contributed by atoms with Crippen LogP contribution in [0.5, 0.6) is 0 Å². The van der Waals surface area contributed by atoms with Gasteiger partial charge in [0.1, 0.15) is 0 Å². The van der Waals surface area contributed by atoms with E-state index in [1.807, 2.05) is 20.8 Å². The maximum atomic E-state index is 3.98. The second-order valence-electron chi connectivity index (χ2n) is 3.34. The first kappa shape index (κ1) is 7.91. The van der Waals surface area contributed by atoms with Crippen molar-refractivity contribution in [2.45, 2.75) is 26.3 Å². The lowest BCUT2D eigenvalue weighted by Crippen LogP contribution is -2.27. The fourth-order valence-electron chi connectivity index (χ4n) is 0.640. The second kappa shape index (κ2) is 2.82. The van der Waals surface area contributed by atoms with Gasteiger partial charge in [0.15, 0.2) is 0 Å². The monoisotopic (exact) mass is 152 g/mol. The molecule has 4 nitrogen and oxygen atoms in total. The van der Waals surface area contributed by atoms with Crippen LogP contribution in [0.4, 0.5) is 5.95 Å². The zero-order chi connectivity index (χ0) is 8.32. The Morgan fingerprint density at radius 3 is 2.45 bits per heavy atom. The fourth-order valence-corrected chi connectivity index (χ4v) is 0.640. The second-order valence-corrected chi connectivity index (χ2v) is 3.34. The van der Waals surface area contributed by atoms with Gasteiger partial charge >= 0.3 is 0 Å². The fraction of sp³-hybridized carbons (Fsp3) is 0.571. The van der Waals surface area contributed by atoms with Crippen molar-refractivity contribution in [3.05, 3.63) is 12.4 Å². The highest BCUT2D eigenvalue weighted by Gasteiger charge is 2.09. The summed E-state index contributed by atoms with van der Waals surface area (Å²) in [5.41, 5.74) is -0.0109. The Morgan fingerprint density at radius 1 is 1.27 bits per heavy atom. The highest BCUT2D eigenvalue weighted by atomic mass is 15.2. The summed E-state index contributed by atoms with van der Waals surface area (Å²) < 4.78 is 0. The number of hydrogen-bond donors (Lipinski definition) is 1. The minimum atomic E-state index is -0.0109. The average molecular weight is 152 g/mol. The molecule has 1 rings (SSSR count). The SMILES string of the molecule is CC(C)(C)Nc1nccnn1. The molecule has 0 amide bonds. The maximum Gasteiger partial charge on any atom is 0.243 e. The van der Waals surface area contributed by atoms with Crippen molar-refractivity contribution in [2.24, 2.45) is 0 Å². The van der Waals surface area contributed by atoms with Crippen LogP contribution in [-0.4, -0.2) is 20.7 Å². The number of nitrogens with one attached hydrogen (secondary N) is 1. The predicted molar refractivity (Wildman–Crippen MR) is 43.2 cm³/mol. The van der Waals surface area contributed by atoms with E-state index in [1.165, 1.54) is 0 Å². The van der Waals surface area contributed by atoms with Crippen LogP contribution in [-0.2, 0) is 0 Å². The van der Waals surface area contributed by atoms with Gasteiger partial charge in [-0.15, -0.1) is 5.10 Å². The molecule has 1 aromatic heterocycles. The van der Waals surface area contributed by atoms with Crippen molar-refractivity contribution in [2.75, 3.05) is 5.32 Å². The van der Waals surface area contributed by atoms with E-state index < -0.39 is 0 Å². The number of aromatic nitrogens is 3.